The lowest BCUT2D eigenvalue weighted by Crippen LogP contribution is -2.40. The second kappa shape index (κ2) is 9.06. The molecular formula is C18H32N2O. The van der Waals surface area contributed by atoms with Crippen LogP contribution in [0.15, 0.2) is 18.2 Å². The number of benzene rings is 1. The van der Waals surface area contributed by atoms with Crippen molar-refractivity contribution in [3.63, 3.8) is 0 Å². The molecule has 0 aromatic heterocycles. The lowest BCUT2D eigenvalue weighted by Gasteiger charge is -2.32. The van der Waals surface area contributed by atoms with Gasteiger partial charge in [-0.25, -0.2) is 0 Å². The molecule has 0 amide bonds. The van der Waals surface area contributed by atoms with Crippen molar-refractivity contribution in [2.75, 3.05) is 26.7 Å². The Morgan fingerprint density at radius 2 is 1.95 bits per heavy atom. The third kappa shape index (κ3) is 5.01. The van der Waals surface area contributed by atoms with Gasteiger partial charge in [-0.15, -0.1) is 0 Å². The summed E-state index contributed by atoms with van der Waals surface area (Å²) in [6, 6.07) is 7.34. The van der Waals surface area contributed by atoms with Crippen LogP contribution in [0, 0.1) is 6.92 Å². The molecule has 0 aliphatic rings. The fourth-order valence-corrected chi connectivity index (χ4v) is 2.76. The van der Waals surface area contributed by atoms with Gasteiger partial charge in [0.05, 0.1) is 7.11 Å². The minimum Gasteiger partial charge on any atom is -0.496 e. The molecule has 120 valence electrons. The Hall–Kier alpha value is -1.06. The number of methoxy groups -OCH3 is 1. The number of hydrogen-bond acceptors (Lipinski definition) is 3. The van der Waals surface area contributed by atoms with Gasteiger partial charge in [0.25, 0.3) is 0 Å². The highest BCUT2D eigenvalue weighted by Crippen LogP contribution is 2.27. The van der Waals surface area contributed by atoms with Gasteiger partial charge in [-0.3, -0.25) is 4.90 Å². The largest absolute Gasteiger partial charge is 0.496 e. The number of nitrogens with zero attached hydrogens (tertiary/aromatic N) is 1. The van der Waals surface area contributed by atoms with Gasteiger partial charge in [0, 0.05) is 24.2 Å². The van der Waals surface area contributed by atoms with Crippen LogP contribution in [0.2, 0.25) is 0 Å². The van der Waals surface area contributed by atoms with E-state index in [1.807, 2.05) is 0 Å². The van der Waals surface area contributed by atoms with Crippen molar-refractivity contribution in [3.8, 4) is 5.75 Å². The zero-order chi connectivity index (χ0) is 15.8. The smallest absolute Gasteiger partial charge is 0.123 e. The fraction of sp³-hybridized carbons (Fsp3) is 0.667. The Morgan fingerprint density at radius 3 is 2.48 bits per heavy atom. The molecule has 1 aromatic carbocycles. The summed E-state index contributed by atoms with van der Waals surface area (Å²) < 4.78 is 5.57. The number of ether oxygens (including phenoxy) is 1. The Kier molecular flexibility index (Phi) is 7.76. The van der Waals surface area contributed by atoms with E-state index in [1.165, 1.54) is 17.5 Å². The lowest BCUT2D eigenvalue weighted by molar-refractivity contribution is 0.191. The van der Waals surface area contributed by atoms with Crippen LogP contribution in [0.25, 0.3) is 0 Å². The van der Waals surface area contributed by atoms with Gasteiger partial charge in [0.2, 0.25) is 0 Å². The van der Waals surface area contributed by atoms with Crippen LogP contribution < -0.4 is 10.1 Å². The molecule has 1 N–H and O–H groups in total. The van der Waals surface area contributed by atoms with Crippen molar-refractivity contribution in [1.82, 2.24) is 10.2 Å². The minimum atomic E-state index is 0.304. The van der Waals surface area contributed by atoms with Gasteiger partial charge >= 0.3 is 0 Å². The molecule has 0 fully saturated rings. The first-order valence-electron chi connectivity index (χ1n) is 8.19. The molecule has 0 aliphatic heterocycles. The molecule has 3 heteroatoms. The summed E-state index contributed by atoms with van der Waals surface area (Å²) in [5.41, 5.74) is 2.54. The molecule has 3 nitrogen and oxygen atoms in total. The predicted molar refractivity (Wildman–Crippen MR) is 91.1 cm³/mol. The molecule has 0 bridgehead atoms. The maximum absolute atomic E-state index is 5.57. The Bertz CT molecular complexity index is 420. The number of aryl methyl sites for hydroxylation is 1. The van der Waals surface area contributed by atoms with E-state index < -0.39 is 0 Å². The van der Waals surface area contributed by atoms with Gasteiger partial charge in [0.15, 0.2) is 0 Å². The van der Waals surface area contributed by atoms with E-state index in [-0.39, 0.29) is 0 Å². The highest BCUT2D eigenvalue weighted by Gasteiger charge is 2.20. The molecule has 0 saturated heterocycles. The van der Waals surface area contributed by atoms with Crippen molar-refractivity contribution < 1.29 is 4.74 Å². The zero-order valence-electron chi connectivity index (χ0n) is 14.6. The normalized spacial score (nSPS) is 14.2. The van der Waals surface area contributed by atoms with Crippen LogP contribution in [0.3, 0.4) is 0 Å². The highest BCUT2D eigenvalue weighted by atomic mass is 16.5. The summed E-state index contributed by atoms with van der Waals surface area (Å²) in [7, 11) is 1.75. The highest BCUT2D eigenvalue weighted by molar-refractivity contribution is 5.39. The monoisotopic (exact) mass is 292 g/mol. The quantitative estimate of drug-likeness (QED) is 0.750. The van der Waals surface area contributed by atoms with Crippen LogP contribution in [0.5, 0.6) is 5.75 Å². The maximum atomic E-state index is 5.57. The zero-order valence-corrected chi connectivity index (χ0v) is 14.6. The molecule has 0 radical (unpaired) electrons. The predicted octanol–water partition coefficient (Wildman–Crippen LogP) is 3.77. The average molecular weight is 292 g/mol. The molecule has 21 heavy (non-hydrogen) atoms. The Balaban J connectivity index is 3.02. The van der Waals surface area contributed by atoms with Crippen molar-refractivity contribution in [1.29, 1.82) is 0 Å². The summed E-state index contributed by atoms with van der Waals surface area (Å²) in [5.74, 6) is 0.978. The molecule has 0 aliphatic carbocycles. The summed E-state index contributed by atoms with van der Waals surface area (Å²) in [4.78, 5) is 2.54. The number of rotatable bonds is 9. The van der Waals surface area contributed by atoms with E-state index in [9.17, 15) is 0 Å². The van der Waals surface area contributed by atoms with E-state index >= 15 is 0 Å². The van der Waals surface area contributed by atoms with Gasteiger partial charge in [-0.2, -0.15) is 0 Å². The van der Waals surface area contributed by atoms with Crippen molar-refractivity contribution in [3.05, 3.63) is 29.3 Å². The summed E-state index contributed by atoms with van der Waals surface area (Å²) in [6.07, 6.45) is 1.18. The van der Waals surface area contributed by atoms with E-state index in [2.05, 4.69) is 63.0 Å². The van der Waals surface area contributed by atoms with Gasteiger partial charge in [0.1, 0.15) is 5.75 Å². The topological polar surface area (TPSA) is 24.5 Å². The first-order chi connectivity index (χ1) is 10.1. The van der Waals surface area contributed by atoms with Crippen LogP contribution in [0.4, 0.5) is 0 Å². The van der Waals surface area contributed by atoms with Gasteiger partial charge in [-0.1, -0.05) is 38.5 Å². The summed E-state index contributed by atoms with van der Waals surface area (Å²) in [6.45, 7) is 14.1. The van der Waals surface area contributed by atoms with Crippen molar-refractivity contribution in [2.45, 2.75) is 53.1 Å². The number of likely N-dealkylation sites (N-methyl/N-ethyl adjacent to an activating group) is 2. The van der Waals surface area contributed by atoms with E-state index in [1.54, 1.807) is 7.11 Å². The first-order valence-corrected chi connectivity index (χ1v) is 8.19. The molecule has 1 aromatic rings. The molecular weight excluding hydrogens is 260 g/mol. The second-order valence-corrected chi connectivity index (χ2v) is 5.70. The van der Waals surface area contributed by atoms with Crippen LogP contribution in [-0.2, 0) is 0 Å². The van der Waals surface area contributed by atoms with Crippen LogP contribution in [-0.4, -0.2) is 37.7 Å². The molecule has 2 unspecified atom stereocenters. The SMILES string of the molecule is CCNC(CN(CC)C(C)CC)c1cc(C)ccc1OC. The molecule has 0 heterocycles. The van der Waals surface area contributed by atoms with Crippen LogP contribution in [0.1, 0.15) is 51.3 Å². The van der Waals surface area contributed by atoms with Crippen LogP contribution >= 0.6 is 0 Å². The average Bonchev–Trinajstić information content (AvgIpc) is 2.50. The third-order valence-electron chi connectivity index (χ3n) is 4.25. The van der Waals surface area contributed by atoms with Gasteiger partial charge in [-0.05, 0) is 39.4 Å². The Morgan fingerprint density at radius 1 is 1.24 bits per heavy atom. The molecule has 0 saturated carbocycles. The number of nitrogens with one attached hydrogen (secondary N) is 1. The second-order valence-electron chi connectivity index (χ2n) is 5.70. The lowest BCUT2D eigenvalue weighted by atomic mass is 10.0. The summed E-state index contributed by atoms with van der Waals surface area (Å²) >= 11 is 0. The minimum absolute atomic E-state index is 0.304. The fourth-order valence-electron chi connectivity index (χ4n) is 2.76. The standard InChI is InChI=1S/C18H32N2O/c1-7-15(5)20(9-3)13-17(19-8-2)16-12-14(4)10-11-18(16)21-6/h10-12,15,17,19H,7-9,13H2,1-6H3. The van der Waals surface area contributed by atoms with E-state index in [4.69, 9.17) is 4.74 Å². The number of hydrogen-bond donors (Lipinski definition) is 1. The third-order valence-corrected chi connectivity index (χ3v) is 4.25. The summed E-state index contributed by atoms with van der Waals surface area (Å²) in [5, 5.41) is 3.62. The van der Waals surface area contributed by atoms with E-state index in [0.717, 1.165) is 25.4 Å². The Labute approximate surface area is 130 Å². The first kappa shape index (κ1) is 18.0. The van der Waals surface area contributed by atoms with E-state index in [0.29, 0.717) is 12.1 Å². The molecule has 2 atom stereocenters. The molecule has 0 spiro atoms. The van der Waals surface area contributed by atoms with Gasteiger partial charge < -0.3 is 10.1 Å². The molecule has 1 rings (SSSR count). The maximum Gasteiger partial charge on any atom is 0.123 e. The van der Waals surface area contributed by atoms with Crippen molar-refractivity contribution in [2.24, 2.45) is 0 Å². The van der Waals surface area contributed by atoms with Crippen molar-refractivity contribution >= 4 is 0 Å².